The average molecular weight is 118 g/mol. The van der Waals surface area contributed by atoms with Gasteiger partial charge in [-0.15, -0.1) is 0 Å². The van der Waals surface area contributed by atoms with Crippen molar-refractivity contribution in [3.63, 3.8) is 0 Å². The van der Waals surface area contributed by atoms with Gasteiger partial charge < -0.3 is 13.1 Å². The van der Waals surface area contributed by atoms with E-state index in [0.29, 0.717) is 0 Å². The van der Waals surface area contributed by atoms with Crippen molar-refractivity contribution >= 4 is 29.5 Å². The van der Waals surface area contributed by atoms with Crippen LogP contribution < -0.4 is 0 Å². The first-order valence-corrected chi connectivity index (χ1v) is 1.52. The van der Waals surface area contributed by atoms with E-state index >= 15 is 0 Å². The summed E-state index contributed by atoms with van der Waals surface area (Å²) >= 11 is 0. The predicted octanol–water partition coefficient (Wildman–Crippen LogP) is -0.456. The van der Waals surface area contributed by atoms with Crippen LogP contribution in [0.2, 0.25) is 0 Å². The third-order valence-electron chi connectivity index (χ3n) is 0. The van der Waals surface area contributed by atoms with E-state index in [4.69, 9.17) is 15.0 Å². The van der Waals surface area contributed by atoms with Crippen molar-refractivity contribution in [3.8, 4) is 0 Å². The van der Waals surface area contributed by atoms with Gasteiger partial charge in [0.1, 0.15) is 0 Å². The second-order valence-electron chi connectivity index (χ2n) is 0.422. The zero-order chi connectivity index (χ0) is 5.41. The van der Waals surface area contributed by atoms with Crippen molar-refractivity contribution in [3.05, 3.63) is 0 Å². The summed E-state index contributed by atoms with van der Waals surface area (Å²) in [7, 11) is 0. The summed E-state index contributed by atoms with van der Waals surface area (Å²) < 4.78 is 0. The van der Waals surface area contributed by atoms with Crippen molar-refractivity contribution < 1.29 is 17.9 Å². The Balaban J connectivity index is -0.00000000889. The molecule has 0 heterocycles. The van der Waals surface area contributed by atoms with Gasteiger partial charge in [0.2, 0.25) is 0 Å². The molecule has 0 radical (unpaired) electrons. The van der Waals surface area contributed by atoms with Crippen molar-refractivity contribution in [1.29, 1.82) is 0 Å². The maximum Gasteiger partial charge on any atom is 2.00 e. The fourth-order valence-corrected chi connectivity index (χ4v) is 0. The third kappa shape index (κ3) is 2830. The van der Waals surface area contributed by atoms with E-state index in [2.05, 4.69) is 0 Å². The molecule has 0 aromatic carbocycles. The van der Waals surface area contributed by atoms with Gasteiger partial charge in [0.25, 0.3) is 6.47 Å². The van der Waals surface area contributed by atoms with E-state index < -0.39 is 0 Å². The molecule has 0 saturated carbocycles. The minimum atomic E-state index is -0.250. The van der Waals surface area contributed by atoms with Crippen LogP contribution in [0.25, 0.3) is 0 Å². The Kier molecular flexibility index (Phi) is 77.7. The van der Waals surface area contributed by atoms with Gasteiger partial charge in [-0.25, -0.2) is 0 Å². The van der Waals surface area contributed by atoms with E-state index in [0.717, 1.165) is 0 Å². The second kappa shape index (κ2) is 34.7. The third-order valence-corrected chi connectivity index (χ3v) is 0. The SMILES string of the molecule is CCO.O=CO.[H-].[H-].[Mg+2]. The summed E-state index contributed by atoms with van der Waals surface area (Å²) in [5, 5.41) is 14.5. The van der Waals surface area contributed by atoms with Crippen LogP contribution in [0.3, 0.4) is 0 Å². The van der Waals surface area contributed by atoms with Crippen molar-refractivity contribution in [2.75, 3.05) is 6.61 Å². The first-order valence-electron chi connectivity index (χ1n) is 1.52. The summed E-state index contributed by atoms with van der Waals surface area (Å²) in [5.74, 6) is 0. The van der Waals surface area contributed by atoms with Gasteiger partial charge >= 0.3 is 23.1 Å². The Morgan fingerprint density at radius 3 is 1.86 bits per heavy atom. The summed E-state index contributed by atoms with van der Waals surface area (Å²) in [4.78, 5) is 8.36. The van der Waals surface area contributed by atoms with Gasteiger partial charge in [-0.2, -0.15) is 0 Å². The van der Waals surface area contributed by atoms with Gasteiger partial charge in [-0.3, -0.25) is 4.79 Å². The molecule has 0 amide bonds. The summed E-state index contributed by atoms with van der Waals surface area (Å²) in [6.07, 6.45) is 0. The molecule has 7 heavy (non-hydrogen) atoms. The first kappa shape index (κ1) is 15.7. The molecule has 0 rings (SSSR count). The maximum absolute atomic E-state index is 8.36. The van der Waals surface area contributed by atoms with Crippen LogP contribution in [-0.2, 0) is 4.79 Å². The summed E-state index contributed by atoms with van der Waals surface area (Å²) in [6.45, 7) is 1.68. The smallest absolute Gasteiger partial charge is 1.00 e. The minimum absolute atomic E-state index is 0. The molecule has 0 aliphatic rings. The fourth-order valence-electron chi connectivity index (χ4n) is 0. The number of carboxylic acid groups (broad SMARTS) is 1. The number of carbonyl (C=O) groups is 1. The molecule has 0 unspecified atom stereocenters. The Bertz CT molecular complexity index is 31.0. The molecule has 0 fully saturated rings. The first-order chi connectivity index (χ1) is 2.83. The molecule has 42 valence electrons. The average Bonchev–Trinajstić information content (AvgIpc) is 1.39. The van der Waals surface area contributed by atoms with E-state index in [1.807, 2.05) is 0 Å². The monoisotopic (exact) mass is 118 g/mol. The standard InChI is InChI=1S/C2H6O.CH2O2.Mg.2H/c1-2-3;2-1-3;;;/h3H,2H2,1H3;1H,(H,2,3);;;/q;;+2;2*-1. The van der Waals surface area contributed by atoms with Crippen LogP contribution >= 0.6 is 0 Å². The second-order valence-corrected chi connectivity index (χ2v) is 0.422. The van der Waals surface area contributed by atoms with Crippen LogP contribution in [-0.4, -0.2) is 46.3 Å². The molecular formula is C3H10MgO3. The molecule has 0 aromatic rings. The number of hydrogen-bond acceptors (Lipinski definition) is 2. The molecule has 0 spiro atoms. The fraction of sp³-hybridized carbons (Fsp3) is 0.667. The van der Waals surface area contributed by atoms with E-state index in [1.165, 1.54) is 0 Å². The normalized spacial score (nSPS) is 4.29. The number of hydrogen-bond donors (Lipinski definition) is 2. The van der Waals surface area contributed by atoms with Gasteiger partial charge in [0.05, 0.1) is 0 Å². The van der Waals surface area contributed by atoms with Crippen LogP contribution in [0.5, 0.6) is 0 Å². The van der Waals surface area contributed by atoms with Crippen LogP contribution in [0.4, 0.5) is 0 Å². The molecule has 0 atom stereocenters. The molecule has 2 N–H and O–H groups in total. The molecule has 0 aliphatic carbocycles. The van der Waals surface area contributed by atoms with Crippen LogP contribution in [0, 0.1) is 0 Å². The molecule has 0 saturated heterocycles. The molecule has 3 nitrogen and oxygen atoms in total. The van der Waals surface area contributed by atoms with Gasteiger partial charge in [0.15, 0.2) is 0 Å². The Labute approximate surface area is 61.5 Å². The number of aliphatic hydroxyl groups excluding tert-OH is 1. The Morgan fingerprint density at radius 2 is 1.86 bits per heavy atom. The zero-order valence-corrected chi connectivity index (χ0v) is 5.71. The van der Waals surface area contributed by atoms with Crippen LogP contribution in [0.15, 0.2) is 0 Å². The molecule has 4 heteroatoms. The minimum Gasteiger partial charge on any atom is -1.00 e. The van der Waals surface area contributed by atoms with E-state index in [9.17, 15) is 0 Å². The molecule has 0 aliphatic heterocycles. The van der Waals surface area contributed by atoms with Gasteiger partial charge in [0, 0.05) is 6.61 Å². The largest absolute Gasteiger partial charge is 2.00 e. The zero-order valence-electron chi connectivity index (χ0n) is 6.29. The van der Waals surface area contributed by atoms with Crippen molar-refractivity contribution in [1.82, 2.24) is 0 Å². The van der Waals surface area contributed by atoms with Gasteiger partial charge in [-0.05, 0) is 6.92 Å². The molecule has 0 bridgehead atoms. The van der Waals surface area contributed by atoms with E-state index in [1.54, 1.807) is 6.92 Å². The number of rotatable bonds is 0. The Morgan fingerprint density at radius 1 is 1.86 bits per heavy atom. The predicted molar refractivity (Wildman–Crippen MR) is 29.4 cm³/mol. The topological polar surface area (TPSA) is 57.5 Å². The van der Waals surface area contributed by atoms with Crippen LogP contribution in [0.1, 0.15) is 9.78 Å². The molecular weight excluding hydrogens is 108 g/mol. The summed E-state index contributed by atoms with van der Waals surface area (Å²) in [5.41, 5.74) is 0. The Hall–Kier alpha value is 0.196. The van der Waals surface area contributed by atoms with Crippen molar-refractivity contribution in [2.45, 2.75) is 6.92 Å². The maximum atomic E-state index is 8.36. The van der Waals surface area contributed by atoms with Crippen molar-refractivity contribution in [2.24, 2.45) is 0 Å². The summed E-state index contributed by atoms with van der Waals surface area (Å²) in [6, 6.07) is 0. The van der Waals surface area contributed by atoms with E-state index in [-0.39, 0.29) is 39.0 Å². The molecule has 0 aromatic heterocycles. The van der Waals surface area contributed by atoms with Gasteiger partial charge in [-0.1, -0.05) is 0 Å². The number of aliphatic hydroxyl groups is 1. The quantitative estimate of drug-likeness (QED) is 0.334.